The van der Waals surface area contributed by atoms with Gasteiger partial charge in [-0.1, -0.05) is 45.2 Å². The second-order valence-electron chi connectivity index (χ2n) is 7.06. The third-order valence-electron chi connectivity index (χ3n) is 4.48. The molecule has 2 nitrogen and oxygen atoms in total. The van der Waals surface area contributed by atoms with E-state index in [0.29, 0.717) is 0 Å². The van der Waals surface area contributed by atoms with Crippen molar-refractivity contribution in [3.8, 4) is 0 Å². The zero-order chi connectivity index (χ0) is 13.7. The van der Waals surface area contributed by atoms with E-state index in [1.54, 1.807) is 6.26 Å². The summed E-state index contributed by atoms with van der Waals surface area (Å²) in [6, 6.07) is 2.00. The van der Waals surface area contributed by atoms with Crippen molar-refractivity contribution < 1.29 is 4.52 Å². The van der Waals surface area contributed by atoms with Gasteiger partial charge in [0.15, 0.2) is 0 Å². The van der Waals surface area contributed by atoms with Gasteiger partial charge in [-0.2, -0.15) is 0 Å². The first-order valence-corrected chi connectivity index (χ1v) is 8.02. The molecule has 0 spiro atoms. The maximum absolute atomic E-state index is 4.92. The number of hydrogen-bond acceptors (Lipinski definition) is 2. The van der Waals surface area contributed by atoms with E-state index in [2.05, 4.69) is 25.9 Å². The zero-order valence-electron chi connectivity index (χ0n) is 12.8. The van der Waals surface area contributed by atoms with E-state index in [0.717, 1.165) is 35.8 Å². The molecule has 1 aromatic rings. The van der Waals surface area contributed by atoms with Gasteiger partial charge in [0.1, 0.15) is 6.26 Å². The Bertz CT molecular complexity index is 344. The van der Waals surface area contributed by atoms with E-state index in [1.807, 2.05) is 6.07 Å². The second kappa shape index (κ2) is 7.12. The highest BCUT2D eigenvalue weighted by molar-refractivity contribution is 4.96. The smallest absolute Gasteiger partial charge is 0.124 e. The van der Waals surface area contributed by atoms with Crippen LogP contribution in [0.25, 0.3) is 0 Å². The van der Waals surface area contributed by atoms with Gasteiger partial charge in [0.2, 0.25) is 0 Å². The minimum Gasteiger partial charge on any atom is -0.365 e. The Labute approximate surface area is 118 Å². The minimum absolute atomic E-state index is 0.730. The molecular formula is C17H29NO. The average molecular weight is 263 g/mol. The Hall–Kier alpha value is -0.790. The average Bonchev–Trinajstić information content (AvgIpc) is 2.81. The Balaban J connectivity index is 1.75. The van der Waals surface area contributed by atoms with Crippen LogP contribution in [0.2, 0.25) is 0 Å². The van der Waals surface area contributed by atoms with Crippen LogP contribution in [-0.2, 0) is 6.42 Å². The lowest BCUT2D eigenvalue weighted by Crippen LogP contribution is -2.19. The molecular weight excluding hydrogens is 234 g/mol. The maximum atomic E-state index is 4.92. The normalized spacial score (nSPS) is 25.7. The van der Waals surface area contributed by atoms with Crippen LogP contribution in [0.15, 0.2) is 16.9 Å². The molecule has 1 aliphatic carbocycles. The summed E-state index contributed by atoms with van der Waals surface area (Å²) in [7, 11) is 0. The van der Waals surface area contributed by atoms with Crippen LogP contribution in [0.5, 0.6) is 0 Å². The predicted molar refractivity (Wildman–Crippen MR) is 78.9 cm³/mol. The van der Waals surface area contributed by atoms with Crippen LogP contribution in [0.4, 0.5) is 0 Å². The van der Waals surface area contributed by atoms with Crippen LogP contribution in [0, 0.1) is 23.7 Å². The zero-order valence-corrected chi connectivity index (χ0v) is 12.8. The van der Waals surface area contributed by atoms with E-state index in [4.69, 9.17) is 4.52 Å². The molecule has 1 aromatic heterocycles. The van der Waals surface area contributed by atoms with E-state index in [1.165, 1.54) is 38.5 Å². The molecule has 2 rings (SSSR count). The summed E-state index contributed by atoms with van der Waals surface area (Å²) in [4.78, 5) is 0. The monoisotopic (exact) mass is 263 g/mol. The van der Waals surface area contributed by atoms with Crippen molar-refractivity contribution in [3.63, 3.8) is 0 Å². The molecule has 0 aromatic carbocycles. The number of rotatable bonds is 6. The fourth-order valence-corrected chi connectivity index (χ4v) is 3.85. The second-order valence-corrected chi connectivity index (χ2v) is 7.06. The highest BCUT2D eigenvalue weighted by atomic mass is 16.5. The summed E-state index contributed by atoms with van der Waals surface area (Å²) in [5, 5.41) is 4.03. The lowest BCUT2D eigenvalue weighted by Gasteiger charge is -2.31. The molecule has 2 heteroatoms. The fourth-order valence-electron chi connectivity index (χ4n) is 3.85. The summed E-state index contributed by atoms with van der Waals surface area (Å²) in [6.45, 7) is 7.08. The standard InChI is InChI=1S/C17H29NO/c1-13(2)9-15-5-4-6-16(12-15)10-14(3)11-17-7-8-19-18-17/h7-8,13-16H,4-6,9-12H2,1-3H3. The van der Waals surface area contributed by atoms with Crippen LogP contribution in [0.3, 0.4) is 0 Å². The molecule has 0 N–H and O–H groups in total. The Morgan fingerprint density at radius 3 is 2.58 bits per heavy atom. The quantitative estimate of drug-likeness (QED) is 0.714. The van der Waals surface area contributed by atoms with Gasteiger partial charge in [0.05, 0.1) is 5.69 Å². The van der Waals surface area contributed by atoms with Crippen LogP contribution >= 0.6 is 0 Å². The topological polar surface area (TPSA) is 26.0 Å². The van der Waals surface area contributed by atoms with Crippen LogP contribution < -0.4 is 0 Å². The van der Waals surface area contributed by atoms with E-state index in [9.17, 15) is 0 Å². The SMILES string of the molecule is CC(C)CC1CCCC(CC(C)Cc2ccon2)C1. The molecule has 1 heterocycles. The van der Waals surface area contributed by atoms with Gasteiger partial charge < -0.3 is 4.52 Å². The number of hydrogen-bond donors (Lipinski definition) is 0. The summed E-state index contributed by atoms with van der Waals surface area (Å²) < 4.78 is 4.92. The molecule has 1 saturated carbocycles. The highest BCUT2D eigenvalue weighted by Gasteiger charge is 2.24. The lowest BCUT2D eigenvalue weighted by molar-refractivity contribution is 0.208. The van der Waals surface area contributed by atoms with Gasteiger partial charge in [-0.15, -0.1) is 0 Å². The van der Waals surface area contributed by atoms with Crippen molar-refractivity contribution in [3.05, 3.63) is 18.0 Å². The van der Waals surface area contributed by atoms with Gasteiger partial charge in [0, 0.05) is 6.07 Å². The first-order chi connectivity index (χ1) is 9.13. The highest BCUT2D eigenvalue weighted by Crippen LogP contribution is 2.36. The molecule has 0 radical (unpaired) electrons. The van der Waals surface area contributed by atoms with Gasteiger partial charge in [-0.05, 0) is 49.4 Å². The molecule has 19 heavy (non-hydrogen) atoms. The van der Waals surface area contributed by atoms with Gasteiger partial charge in [0.25, 0.3) is 0 Å². The molecule has 0 saturated heterocycles. The number of nitrogens with zero attached hydrogens (tertiary/aromatic N) is 1. The molecule has 0 bridgehead atoms. The van der Waals surface area contributed by atoms with E-state index in [-0.39, 0.29) is 0 Å². The third-order valence-corrected chi connectivity index (χ3v) is 4.48. The van der Waals surface area contributed by atoms with Crippen LogP contribution in [0.1, 0.15) is 65.0 Å². The third kappa shape index (κ3) is 5.00. The molecule has 1 fully saturated rings. The summed E-state index contributed by atoms with van der Waals surface area (Å²) in [5.41, 5.74) is 1.11. The minimum atomic E-state index is 0.730. The Morgan fingerprint density at radius 1 is 1.21 bits per heavy atom. The van der Waals surface area contributed by atoms with Crippen molar-refractivity contribution in [2.75, 3.05) is 0 Å². The Kier molecular flexibility index (Phi) is 5.47. The molecule has 0 amide bonds. The van der Waals surface area contributed by atoms with Crippen molar-refractivity contribution in [2.45, 2.75) is 65.7 Å². The lowest BCUT2D eigenvalue weighted by atomic mass is 9.74. The van der Waals surface area contributed by atoms with Crippen molar-refractivity contribution >= 4 is 0 Å². The van der Waals surface area contributed by atoms with Gasteiger partial charge >= 0.3 is 0 Å². The summed E-state index contributed by atoms with van der Waals surface area (Å²) in [6.07, 6.45) is 11.4. The number of aromatic nitrogens is 1. The predicted octanol–water partition coefficient (Wildman–Crippen LogP) is 5.10. The maximum Gasteiger partial charge on any atom is 0.124 e. The van der Waals surface area contributed by atoms with Crippen LogP contribution in [-0.4, -0.2) is 5.16 Å². The molecule has 0 aliphatic heterocycles. The summed E-state index contributed by atoms with van der Waals surface area (Å²) >= 11 is 0. The molecule has 3 atom stereocenters. The first kappa shape index (κ1) is 14.6. The summed E-state index contributed by atoms with van der Waals surface area (Å²) in [5.74, 6) is 3.52. The van der Waals surface area contributed by atoms with Crippen molar-refractivity contribution in [2.24, 2.45) is 23.7 Å². The van der Waals surface area contributed by atoms with Gasteiger partial charge in [-0.3, -0.25) is 0 Å². The van der Waals surface area contributed by atoms with E-state index >= 15 is 0 Å². The largest absolute Gasteiger partial charge is 0.365 e. The molecule has 108 valence electrons. The van der Waals surface area contributed by atoms with E-state index < -0.39 is 0 Å². The molecule has 3 unspecified atom stereocenters. The molecule has 1 aliphatic rings. The Morgan fingerprint density at radius 2 is 1.95 bits per heavy atom. The van der Waals surface area contributed by atoms with Gasteiger partial charge in [-0.25, -0.2) is 0 Å². The first-order valence-electron chi connectivity index (χ1n) is 8.02. The fraction of sp³-hybridized carbons (Fsp3) is 0.824. The van der Waals surface area contributed by atoms with Crippen molar-refractivity contribution in [1.29, 1.82) is 0 Å². The van der Waals surface area contributed by atoms with Crippen molar-refractivity contribution in [1.82, 2.24) is 5.16 Å².